The predicted molar refractivity (Wildman–Crippen MR) is 239 cm³/mol. The predicted octanol–water partition coefficient (Wildman–Crippen LogP) is 6.99. The number of alkyl halides is 3. The topological polar surface area (TPSA) is 186 Å². The molecule has 3 aromatic carbocycles. The first-order valence-electron chi connectivity index (χ1n) is 20.8. The monoisotopic (exact) mass is 890 g/mol. The van der Waals surface area contributed by atoms with E-state index in [-0.39, 0.29) is 41.2 Å². The van der Waals surface area contributed by atoms with Crippen molar-refractivity contribution < 1.29 is 45.9 Å². The van der Waals surface area contributed by atoms with E-state index in [9.17, 15) is 40.8 Å². The van der Waals surface area contributed by atoms with Gasteiger partial charge in [0, 0.05) is 37.3 Å². The Morgan fingerprint density at radius 1 is 0.839 bits per heavy atom. The summed E-state index contributed by atoms with van der Waals surface area (Å²) in [5.74, 6) is -2.78. The molecule has 17 heteroatoms. The van der Waals surface area contributed by atoms with Gasteiger partial charge in [0.2, 0.25) is 21.8 Å². The number of carbonyl (C=O) groups excluding carboxylic acids is 4. The normalized spacial score (nSPS) is 13.9. The smallest absolute Gasteiger partial charge is 0.448 e. The lowest BCUT2D eigenvalue weighted by atomic mass is 10.0. The summed E-state index contributed by atoms with van der Waals surface area (Å²) in [5, 5.41) is 22.5. The summed E-state index contributed by atoms with van der Waals surface area (Å²) in [6, 6.07) is 21.0. The molecule has 3 aromatic rings. The van der Waals surface area contributed by atoms with Crippen LogP contribution in [0.5, 0.6) is 0 Å². The van der Waals surface area contributed by atoms with E-state index in [0.717, 1.165) is 34.5 Å². The quantitative estimate of drug-likeness (QED) is 0.0739. The number of hydrogen-bond acceptors (Lipinski definition) is 8. The summed E-state index contributed by atoms with van der Waals surface area (Å²) in [5.41, 5.74) is 2.19. The number of amides is 4. The van der Waals surface area contributed by atoms with Crippen LogP contribution in [0.1, 0.15) is 106 Å². The van der Waals surface area contributed by atoms with Crippen LogP contribution in [0.2, 0.25) is 0 Å². The number of aliphatic hydroxyl groups excluding tert-OH is 1. The van der Waals surface area contributed by atoms with E-state index in [1.165, 1.54) is 25.2 Å². The molecule has 1 aliphatic carbocycles. The van der Waals surface area contributed by atoms with E-state index in [2.05, 4.69) is 33.2 Å². The molecule has 62 heavy (non-hydrogen) atoms. The SMILES string of the molecule is C=C(O)C(F)(F)F.CC.CC.CC[C@H](NC(=O)C(C)NC[C@H](Cc1ccccc1)NC(=O)c1cc(C(=O)N[C@H](C)c2ccccc2)cc(N(C)S(C)(=O)=O)c1)C(=O)NCC1CC1. The molecule has 1 aliphatic rings. The van der Waals surface area contributed by atoms with Crippen molar-refractivity contribution in [3.63, 3.8) is 0 Å². The lowest BCUT2D eigenvalue weighted by Crippen LogP contribution is -2.54. The number of sulfonamides is 1. The highest BCUT2D eigenvalue weighted by molar-refractivity contribution is 7.92. The molecule has 0 heterocycles. The van der Waals surface area contributed by atoms with Gasteiger partial charge in [-0.25, -0.2) is 8.42 Å². The summed E-state index contributed by atoms with van der Waals surface area (Å²) in [7, 11) is -2.36. The number of benzene rings is 3. The molecule has 0 bridgehead atoms. The number of nitrogens with one attached hydrogen (secondary N) is 5. The number of rotatable bonds is 18. The van der Waals surface area contributed by atoms with Gasteiger partial charge in [0.25, 0.3) is 11.8 Å². The average Bonchev–Trinajstić information content (AvgIpc) is 4.09. The van der Waals surface area contributed by atoms with Gasteiger partial charge >= 0.3 is 6.18 Å². The number of aliphatic hydroxyl groups is 1. The number of anilines is 1. The minimum Gasteiger partial charge on any atom is -0.505 e. The van der Waals surface area contributed by atoms with Crippen molar-refractivity contribution in [2.75, 3.05) is 30.7 Å². The fourth-order valence-corrected chi connectivity index (χ4v) is 5.93. The van der Waals surface area contributed by atoms with E-state index in [1.54, 1.807) is 6.92 Å². The summed E-state index contributed by atoms with van der Waals surface area (Å²) >= 11 is 0. The second-order valence-electron chi connectivity index (χ2n) is 14.2. The first-order chi connectivity index (χ1) is 29.2. The minimum atomic E-state index is -4.64. The maximum Gasteiger partial charge on any atom is 0.448 e. The van der Waals surface area contributed by atoms with E-state index in [0.29, 0.717) is 25.3 Å². The van der Waals surface area contributed by atoms with Crippen LogP contribution in [0, 0.1) is 5.92 Å². The summed E-state index contributed by atoms with van der Waals surface area (Å²) in [4.78, 5) is 53.1. The van der Waals surface area contributed by atoms with Crippen LogP contribution in [0.15, 0.2) is 91.2 Å². The summed E-state index contributed by atoms with van der Waals surface area (Å²) in [6.07, 6.45) is -0.517. The number of hydrogen-bond donors (Lipinski definition) is 6. The molecule has 1 saturated carbocycles. The van der Waals surface area contributed by atoms with Gasteiger partial charge in [-0.1, -0.05) is 102 Å². The van der Waals surface area contributed by atoms with Gasteiger partial charge in [-0.2, -0.15) is 13.2 Å². The van der Waals surface area contributed by atoms with Gasteiger partial charge in [-0.3, -0.25) is 23.5 Å². The second-order valence-corrected chi connectivity index (χ2v) is 16.2. The van der Waals surface area contributed by atoms with Crippen molar-refractivity contribution in [2.24, 2.45) is 5.92 Å². The van der Waals surface area contributed by atoms with Gasteiger partial charge < -0.3 is 31.7 Å². The molecular weight excluding hydrogens is 826 g/mol. The molecule has 0 radical (unpaired) electrons. The molecule has 4 amide bonds. The van der Waals surface area contributed by atoms with Crippen LogP contribution in [0.3, 0.4) is 0 Å². The average molecular weight is 891 g/mol. The Bertz CT molecular complexity index is 1980. The van der Waals surface area contributed by atoms with Crippen molar-refractivity contribution in [1.29, 1.82) is 0 Å². The van der Waals surface area contributed by atoms with E-state index >= 15 is 0 Å². The molecule has 1 unspecified atom stereocenters. The molecule has 1 fully saturated rings. The zero-order valence-corrected chi connectivity index (χ0v) is 38.0. The maximum atomic E-state index is 13.9. The molecule has 4 atom stereocenters. The van der Waals surface area contributed by atoms with Gasteiger partial charge in [-0.05, 0) is 74.8 Å². The van der Waals surface area contributed by atoms with Crippen molar-refractivity contribution in [3.05, 3.63) is 113 Å². The lowest BCUT2D eigenvalue weighted by Gasteiger charge is -2.24. The van der Waals surface area contributed by atoms with E-state index in [4.69, 9.17) is 5.11 Å². The molecule has 4 rings (SSSR count). The van der Waals surface area contributed by atoms with Crippen molar-refractivity contribution in [1.82, 2.24) is 26.6 Å². The van der Waals surface area contributed by atoms with Crippen LogP contribution in [-0.4, -0.2) is 87.8 Å². The Balaban J connectivity index is 0.00000157. The third-order valence-corrected chi connectivity index (χ3v) is 10.5. The highest BCUT2D eigenvalue weighted by Crippen LogP contribution is 2.27. The Kier molecular flexibility index (Phi) is 23.6. The van der Waals surface area contributed by atoms with Crippen LogP contribution in [0.4, 0.5) is 18.9 Å². The van der Waals surface area contributed by atoms with Crippen molar-refractivity contribution in [3.8, 4) is 0 Å². The molecule has 6 N–H and O–H groups in total. The Morgan fingerprint density at radius 2 is 1.34 bits per heavy atom. The molecule has 0 spiro atoms. The fourth-order valence-electron chi connectivity index (χ4n) is 5.44. The van der Waals surface area contributed by atoms with Crippen molar-refractivity contribution in [2.45, 2.75) is 104 Å². The van der Waals surface area contributed by atoms with Crippen LogP contribution < -0.4 is 30.9 Å². The standard InChI is InChI=1S/C38H50N6O6S.C3H3F3O.2C2H6/c1-6-34(38(48)40-23-28-17-18-28)43-35(45)26(3)39-24-32(19-27-13-9-7-10-14-27)42-37(47)31-20-30(21-33(22-31)44(4)51(5,49)50)36(46)41-25(2)29-15-11-8-12-16-29;1-2(7)3(4,5)6;2*1-2/h7-16,20-22,25-26,28,32,34,39H,6,17-19,23-24H2,1-5H3,(H,40,48)(H,41,46)(H,42,47)(H,43,45);7H,1H2;2*1-2H3/t25-,26?,32+,34+;;;/m1.../s1. The molecule has 0 aromatic heterocycles. The first kappa shape index (κ1) is 54.6. The molecule has 344 valence electrons. The Hall–Kier alpha value is -5.42. The summed E-state index contributed by atoms with van der Waals surface area (Å²) < 4.78 is 58.5. The van der Waals surface area contributed by atoms with Gasteiger partial charge in [0.1, 0.15) is 6.04 Å². The lowest BCUT2D eigenvalue weighted by molar-refractivity contribution is -0.129. The van der Waals surface area contributed by atoms with Gasteiger partial charge in [-0.15, -0.1) is 0 Å². The largest absolute Gasteiger partial charge is 0.505 e. The van der Waals surface area contributed by atoms with Crippen LogP contribution in [0.25, 0.3) is 0 Å². The number of allylic oxidation sites excluding steroid dienone is 1. The van der Waals surface area contributed by atoms with Crippen molar-refractivity contribution >= 4 is 39.3 Å². The maximum absolute atomic E-state index is 13.9. The first-order valence-corrected chi connectivity index (χ1v) is 22.6. The zero-order chi connectivity index (χ0) is 47.2. The van der Waals surface area contributed by atoms with E-state index < -0.39 is 51.9 Å². The number of carbonyl (C=O) groups is 4. The molecule has 0 saturated heterocycles. The number of halogens is 3. The van der Waals surface area contributed by atoms with Crippen LogP contribution >= 0.6 is 0 Å². The fraction of sp³-hybridized carbons (Fsp3) is 0.467. The van der Waals surface area contributed by atoms with Gasteiger partial charge in [0.05, 0.1) is 24.0 Å². The highest BCUT2D eigenvalue weighted by atomic mass is 32.2. The van der Waals surface area contributed by atoms with Crippen LogP contribution in [-0.2, 0) is 26.0 Å². The Morgan fingerprint density at radius 3 is 1.81 bits per heavy atom. The minimum absolute atomic E-state index is 0.0902. The zero-order valence-electron chi connectivity index (χ0n) is 37.2. The number of nitrogens with zero attached hydrogens (tertiary/aromatic N) is 1. The molecule has 13 nitrogen and oxygen atoms in total. The molecular formula is C45H65F3N6O7S. The Labute approximate surface area is 365 Å². The second kappa shape index (κ2) is 26.8. The van der Waals surface area contributed by atoms with Gasteiger partial charge in [0.15, 0.2) is 5.76 Å². The summed E-state index contributed by atoms with van der Waals surface area (Å²) in [6.45, 7) is 16.4. The third-order valence-electron chi connectivity index (χ3n) is 9.30. The molecule has 0 aliphatic heterocycles. The highest BCUT2D eigenvalue weighted by Gasteiger charge is 2.31. The third kappa shape index (κ3) is 19.5. The van der Waals surface area contributed by atoms with E-state index in [1.807, 2.05) is 102 Å².